The van der Waals surface area contributed by atoms with E-state index in [4.69, 9.17) is 0 Å². The first kappa shape index (κ1) is 43.3. The van der Waals surface area contributed by atoms with Crippen LogP contribution in [0.2, 0.25) is 0 Å². The van der Waals surface area contributed by atoms with Gasteiger partial charge in [-0.3, -0.25) is 0 Å². The minimum atomic E-state index is -3.81. The molecule has 0 saturated heterocycles. The number of para-hydroxylation sites is 6. The van der Waals surface area contributed by atoms with Gasteiger partial charge < -0.3 is 14.4 Å². The summed E-state index contributed by atoms with van der Waals surface area (Å²) in [6.07, 6.45) is 0. The van der Waals surface area contributed by atoms with Crippen LogP contribution in [0.1, 0.15) is 44.5 Å². The summed E-state index contributed by atoms with van der Waals surface area (Å²) in [5.74, 6) is 0. The summed E-state index contributed by atoms with van der Waals surface area (Å²) in [6, 6.07) is 106. The standard InChI is InChI=1S/C68H49N2OP/c71-72(54-36-14-5-15-37-54,65-48-26-24-46-63(65)69-59-42-20-16-38-55(59)67(50-28-6-1-7-29-50,51-30-8-2-9-31-51)56-39-17-21-43-60(56)69)66-49-27-25-47-64(66)70-61-44-22-18-40-57(61)68(52-32-10-3-11-33-52,53-34-12-4-13-35-53)58-41-19-23-45-62(58)70/h1-49H. The van der Waals surface area contributed by atoms with E-state index in [0.29, 0.717) is 0 Å². The summed E-state index contributed by atoms with van der Waals surface area (Å²) in [5, 5.41) is 2.26. The van der Waals surface area contributed by atoms with Crippen molar-refractivity contribution in [1.29, 1.82) is 0 Å². The van der Waals surface area contributed by atoms with Gasteiger partial charge in [0.05, 0.1) is 45.0 Å². The summed E-state index contributed by atoms with van der Waals surface area (Å²) in [5.41, 5.74) is 13.8. The third-order valence-corrected chi connectivity index (χ3v) is 18.2. The third-order valence-electron chi connectivity index (χ3n) is 15.1. The Kier molecular flexibility index (Phi) is 10.6. The van der Waals surface area contributed by atoms with Crippen LogP contribution in [0.15, 0.2) is 297 Å². The highest BCUT2D eigenvalue weighted by Gasteiger charge is 2.49. The Morgan fingerprint density at radius 3 is 0.750 bits per heavy atom. The normalized spacial score (nSPS) is 14.1. The molecule has 2 heterocycles. The van der Waals surface area contributed by atoms with E-state index in [-0.39, 0.29) is 0 Å². The van der Waals surface area contributed by atoms with Crippen molar-refractivity contribution in [2.24, 2.45) is 0 Å². The first-order chi connectivity index (χ1) is 35.7. The minimum Gasteiger partial charge on any atom is -0.309 e. The molecular weight excluding hydrogens is 892 g/mol. The number of benzene rings is 11. The quantitative estimate of drug-likeness (QED) is 0.135. The zero-order chi connectivity index (χ0) is 48.1. The summed E-state index contributed by atoms with van der Waals surface area (Å²) >= 11 is 0. The van der Waals surface area contributed by atoms with Crippen molar-refractivity contribution < 1.29 is 4.57 Å². The second-order valence-corrected chi connectivity index (χ2v) is 21.3. The Morgan fingerprint density at radius 1 is 0.236 bits per heavy atom. The largest absolute Gasteiger partial charge is 0.309 e. The molecule has 0 aliphatic carbocycles. The molecule has 2 aliphatic rings. The zero-order valence-corrected chi connectivity index (χ0v) is 40.4. The van der Waals surface area contributed by atoms with Crippen molar-refractivity contribution in [3.63, 3.8) is 0 Å². The van der Waals surface area contributed by atoms with Gasteiger partial charge in [-0.1, -0.05) is 249 Å². The van der Waals surface area contributed by atoms with E-state index in [1.54, 1.807) is 0 Å². The number of hydrogen-bond donors (Lipinski definition) is 0. The lowest BCUT2D eigenvalue weighted by atomic mass is 9.62. The predicted octanol–water partition coefficient (Wildman–Crippen LogP) is 15.7. The van der Waals surface area contributed by atoms with E-state index in [0.717, 1.165) is 72.3 Å². The molecule has 0 N–H and O–H groups in total. The van der Waals surface area contributed by atoms with E-state index < -0.39 is 18.0 Å². The van der Waals surface area contributed by atoms with E-state index in [2.05, 4.69) is 289 Å². The van der Waals surface area contributed by atoms with Crippen LogP contribution in [0.3, 0.4) is 0 Å². The number of rotatable bonds is 9. The topological polar surface area (TPSA) is 23.6 Å². The number of nitrogens with zero attached hydrogens (tertiary/aromatic N) is 2. The molecule has 0 spiro atoms. The van der Waals surface area contributed by atoms with Crippen LogP contribution in [0.25, 0.3) is 0 Å². The molecule has 0 bridgehead atoms. The lowest BCUT2D eigenvalue weighted by Crippen LogP contribution is -2.40. The molecule has 11 aromatic rings. The van der Waals surface area contributed by atoms with Crippen molar-refractivity contribution in [2.75, 3.05) is 9.80 Å². The van der Waals surface area contributed by atoms with Gasteiger partial charge in [-0.25, -0.2) is 0 Å². The van der Waals surface area contributed by atoms with Gasteiger partial charge in [0.2, 0.25) is 0 Å². The fourth-order valence-electron chi connectivity index (χ4n) is 12.2. The van der Waals surface area contributed by atoms with Crippen LogP contribution >= 0.6 is 7.14 Å². The molecule has 0 fully saturated rings. The molecule has 72 heavy (non-hydrogen) atoms. The highest BCUT2D eigenvalue weighted by atomic mass is 31.2. The monoisotopic (exact) mass is 940 g/mol. The minimum absolute atomic E-state index is 0.652. The maximum Gasteiger partial charge on any atom is 0.175 e. The first-order valence-corrected chi connectivity index (χ1v) is 26.4. The highest BCUT2D eigenvalue weighted by molar-refractivity contribution is 7.85. The Hall–Kier alpha value is -8.75. The van der Waals surface area contributed by atoms with E-state index in [9.17, 15) is 0 Å². The average molecular weight is 941 g/mol. The zero-order valence-electron chi connectivity index (χ0n) is 39.5. The van der Waals surface area contributed by atoms with Crippen LogP contribution in [0.4, 0.5) is 34.1 Å². The van der Waals surface area contributed by atoms with Gasteiger partial charge in [-0.05, 0) is 93.0 Å². The fourth-order valence-corrected chi connectivity index (χ4v) is 15.2. The van der Waals surface area contributed by atoms with Crippen molar-refractivity contribution in [2.45, 2.75) is 10.8 Å². The van der Waals surface area contributed by atoms with Gasteiger partial charge in [-0.2, -0.15) is 0 Å². The molecular formula is C68H49N2OP. The average Bonchev–Trinajstić information content (AvgIpc) is 3.47. The number of anilines is 6. The van der Waals surface area contributed by atoms with Crippen LogP contribution in [-0.2, 0) is 15.4 Å². The van der Waals surface area contributed by atoms with Gasteiger partial charge in [0.15, 0.2) is 7.14 Å². The fraction of sp³-hybridized carbons (Fsp3) is 0.0294. The number of fused-ring (bicyclic) bond motifs is 4. The second-order valence-electron chi connectivity index (χ2n) is 18.6. The third kappa shape index (κ3) is 6.34. The summed E-state index contributed by atoms with van der Waals surface area (Å²) < 4.78 is 17.9. The molecule has 0 radical (unpaired) electrons. The Morgan fingerprint density at radius 2 is 0.458 bits per heavy atom. The summed E-state index contributed by atoms with van der Waals surface area (Å²) in [4.78, 5) is 4.75. The van der Waals surface area contributed by atoms with Gasteiger partial charge in [0, 0.05) is 15.9 Å². The Labute approximate surface area is 422 Å². The van der Waals surface area contributed by atoms with Crippen molar-refractivity contribution in [3.05, 3.63) is 342 Å². The molecule has 0 unspecified atom stereocenters. The van der Waals surface area contributed by atoms with Crippen molar-refractivity contribution in [3.8, 4) is 0 Å². The highest BCUT2D eigenvalue weighted by Crippen LogP contribution is 2.61. The second kappa shape index (κ2) is 17.6. The van der Waals surface area contributed by atoms with Gasteiger partial charge in [0.1, 0.15) is 0 Å². The maximum atomic E-state index is 17.9. The van der Waals surface area contributed by atoms with Crippen molar-refractivity contribution >= 4 is 57.2 Å². The molecule has 11 aromatic carbocycles. The molecule has 2 aliphatic heterocycles. The summed E-state index contributed by atoms with van der Waals surface area (Å²) in [7, 11) is -3.81. The van der Waals surface area contributed by atoms with E-state index in [1.807, 2.05) is 18.2 Å². The van der Waals surface area contributed by atoms with Gasteiger partial charge >= 0.3 is 0 Å². The SMILES string of the molecule is O=P(c1ccccc1)(c1ccccc1N1c2ccccc2C(c2ccccc2)(c2ccccc2)c2ccccc21)c1ccccc1N1c2ccccc2C(c2ccccc2)(c2ccccc2)c2ccccc21. The Bertz CT molecular complexity index is 3400. The molecule has 4 heteroatoms. The molecule has 0 aromatic heterocycles. The Balaban J connectivity index is 1.08. The predicted molar refractivity (Wildman–Crippen MR) is 299 cm³/mol. The molecule has 3 nitrogen and oxygen atoms in total. The lowest BCUT2D eigenvalue weighted by molar-refractivity contribution is 0.592. The van der Waals surface area contributed by atoms with Gasteiger partial charge in [-0.15, -0.1) is 0 Å². The smallest absolute Gasteiger partial charge is 0.175 e. The molecule has 342 valence electrons. The van der Waals surface area contributed by atoms with Crippen LogP contribution in [-0.4, -0.2) is 0 Å². The molecule has 13 rings (SSSR count). The van der Waals surface area contributed by atoms with Crippen LogP contribution in [0.5, 0.6) is 0 Å². The molecule has 0 saturated carbocycles. The first-order valence-electron chi connectivity index (χ1n) is 24.7. The van der Waals surface area contributed by atoms with Crippen molar-refractivity contribution in [1.82, 2.24) is 0 Å². The molecule has 0 amide bonds. The number of hydrogen-bond acceptors (Lipinski definition) is 3. The van der Waals surface area contributed by atoms with E-state index >= 15 is 4.57 Å². The summed E-state index contributed by atoms with van der Waals surface area (Å²) in [6.45, 7) is 0. The molecule has 0 atom stereocenters. The van der Waals surface area contributed by atoms with Crippen LogP contribution < -0.4 is 25.7 Å². The van der Waals surface area contributed by atoms with Crippen LogP contribution in [0, 0.1) is 0 Å². The maximum absolute atomic E-state index is 17.9. The lowest BCUT2D eigenvalue weighted by Gasteiger charge is -2.47. The van der Waals surface area contributed by atoms with E-state index in [1.165, 1.54) is 22.3 Å². The van der Waals surface area contributed by atoms with Gasteiger partial charge in [0.25, 0.3) is 0 Å².